The largest absolute Gasteiger partial charge is 0.489 e. The molecule has 130 valence electrons. The number of hydrogen-bond donors (Lipinski definition) is 1. The molecule has 2 aromatic carbocycles. The second-order valence-corrected chi connectivity index (χ2v) is 7.55. The summed E-state index contributed by atoms with van der Waals surface area (Å²) in [6, 6.07) is 13.7. The second kappa shape index (κ2) is 8.26. The molecule has 0 spiro atoms. The molecule has 0 saturated heterocycles. The zero-order valence-corrected chi connectivity index (χ0v) is 14.6. The van der Waals surface area contributed by atoms with E-state index in [1.807, 2.05) is 38.1 Å². The lowest BCUT2D eigenvalue weighted by molar-refractivity contribution is 0.225. The lowest BCUT2D eigenvalue weighted by Crippen LogP contribution is -2.34. The summed E-state index contributed by atoms with van der Waals surface area (Å²) in [7, 11) is -3.23. The Hall–Kier alpha value is -1.92. The summed E-state index contributed by atoms with van der Waals surface area (Å²) >= 11 is 0. The summed E-state index contributed by atoms with van der Waals surface area (Å²) in [5.41, 5.74) is 1.88. The predicted molar refractivity (Wildman–Crippen MR) is 94.0 cm³/mol. The maximum atomic E-state index is 12.9. The molecule has 1 unspecified atom stereocenters. The zero-order valence-electron chi connectivity index (χ0n) is 13.8. The highest BCUT2D eigenvalue weighted by Crippen LogP contribution is 2.23. The third-order valence-electron chi connectivity index (χ3n) is 3.43. The zero-order chi connectivity index (χ0) is 17.6. The number of ether oxygens (including phenoxy) is 1. The molecule has 2 rings (SSSR count). The summed E-state index contributed by atoms with van der Waals surface area (Å²) in [6.07, 6.45) is 0.295. The van der Waals surface area contributed by atoms with Crippen LogP contribution in [0, 0.1) is 5.82 Å². The van der Waals surface area contributed by atoms with E-state index in [9.17, 15) is 12.8 Å². The van der Waals surface area contributed by atoms with Gasteiger partial charge < -0.3 is 4.74 Å². The summed E-state index contributed by atoms with van der Waals surface area (Å²) < 4.78 is 44.4. The minimum Gasteiger partial charge on any atom is -0.489 e. The van der Waals surface area contributed by atoms with Crippen LogP contribution in [0.2, 0.25) is 0 Å². The van der Waals surface area contributed by atoms with Gasteiger partial charge in [-0.1, -0.05) is 31.2 Å². The first-order valence-corrected chi connectivity index (χ1v) is 9.55. The first kappa shape index (κ1) is 18.4. The van der Waals surface area contributed by atoms with E-state index in [1.54, 1.807) is 12.1 Å². The van der Waals surface area contributed by atoms with Crippen molar-refractivity contribution in [2.45, 2.75) is 26.4 Å². The predicted octanol–water partition coefficient (Wildman–Crippen LogP) is 3.59. The maximum Gasteiger partial charge on any atom is 0.211 e. The molecule has 1 N–H and O–H groups in total. The smallest absolute Gasteiger partial charge is 0.211 e. The summed E-state index contributed by atoms with van der Waals surface area (Å²) in [5, 5.41) is 0. The van der Waals surface area contributed by atoms with E-state index in [0.29, 0.717) is 12.2 Å². The number of benzene rings is 2. The molecule has 2 aromatic rings. The highest BCUT2D eigenvalue weighted by Gasteiger charge is 2.11. The lowest BCUT2D eigenvalue weighted by atomic mass is 10.1. The van der Waals surface area contributed by atoms with Crippen molar-refractivity contribution in [2.24, 2.45) is 0 Å². The van der Waals surface area contributed by atoms with Crippen molar-refractivity contribution in [3.05, 3.63) is 54.3 Å². The van der Waals surface area contributed by atoms with E-state index in [1.165, 1.54) is 12.1 Å². The molecule has 0 radical (unpaired) electrons. The van der Waals surface area contributed by atoms with Gasteiger partial charge in [-0.3, -0.25) is 0 Å². The van der Waals surface area contributed by atoms with Crippen LogP contribution in [0.4, 0.5) is 4.39 Å². The van der Waals surface area contributed by atoms with Gasteiger partial charge in [0.25, 0.3) is 0 Å². The van der Waals surface area contributed by atoms with Crippen molar-refractivity contribution >= 4 is 10.0 Å². The molecule has 0 amide bonds. The molecule has 0 bridgehead atoms. The van der Waals surface area contributed by atoms with Crippen LogP contribution in [0.15, 0.2) is 48.5 Å². The quantitative estimate of drug-likeness (QED) is 0.791. The van der Waals surface area contributed by atoms with E-state index < -0.39 is 10.0 Å². The van der Waals surface area contributed by atoms with Crippen molar-refractivity contribution in [3.8, 4) is 16.9 Å². The van der Waals surface area contributed by atoms with Crippen molar-refractivity contribution in [1.82, 2.24) is 4.72 Å². The molecule has 0 heterocycles. The van der Waals surface area contributed by atoms with Gasteiger partial charge in [-0.2, -0.15) is 0 Å². The van der Waals surface area contributed by atoms with Crippen LogP contribution >= 0.6 is 0 Å². The second-order valence-electron chi connectivity index (χ2n) is 5.63. The number of sulfonamides is 1. The number of rotatable bonds is 8. The Kier molecular flexibility index (Phi) is 6.34. The molecule has 0 saturated carbocycles. The number of nitrogens with one attached hydrogen (secondary N) is 1. The van der Waals surface area contributed by atoms with Crippen LogP contribution in [0.5, 0.6) is 5.75 Å². The van der Waals surface area contributed by atoms with Gasteiger partial charge in [0.05, 0.1) is 5.75 Å². The Morgan fingerprint density at radius 2 is 1.58 bits per heavy atom. The fraction of sp³-hybridized carbons (Fsp3) is 0.333. The van der Waals surface area contributed by atoms with Gasteiger partial charge in [0.15, 0.2) is 0 Å². The van der Waals surface area contributed by atoms with Gasteiger partial charge >= 0.3 is 0 Å². The van der Waals surface area contributed by atoms with Crippen LogP contribution in [0.3, 0.4) is 0 Å². The average Bonchev–Trinajstić information content (AvgIpc) is 2.55. The highest BCUT2D eigenvalue weighted by atomic mass is 32.2. The van der Waals surface area contributed by atoms with Crippen LogP contribution < -0.4 is 9.46 Å². The van der Waals surface area contributed by atoms with E-state index in [4.69, 9.17) is 4.74 Å². The minimum atomic E-state index is -3.23. The average molecular weight is 351 g/mol. The Balaban J connectivity index is 1.92. The third kappa shape index (κ3) is 5.62. The van der Waals surface area contributed by atoms with Crippen LogP contribution in [-0.4, -0.2) is 26.8 Å². The molecule has 0 aliphatic rings. The molecule has 0 aliphatic carbocycles. The SMILES string of the molecule is CCCS(=O)(=O)NCC(C)Oc1ccc(-c2ccc(F)cc2)cc1. The maximum absolute atomic E-state index is 12.9. The summed E-state index contributed by atoms with van der Waals surface area (Å²) in [6.45, 7) is 3.85. The molecule has 0 aromatic heterocycles. The van der Waals surface area contributed by atoms with Gasteiger partial charge in [-0.25, -0.2) is 17.5 Å². The van der Waals surface area contributed by atoms with Crippen molar-refractivity contribution in [1.29, 1.82) is 0 Å². The van der Waals surface area contributed by atoms with Gasteiger partial charge in [0, 0.05) is 6.54 Å². The number of halogens is 1. The Morgan fingerprint density at radius 1 is 1.04 bits per heavy atom. The molecular weight excluding hydrogens is 329 g/mol. The fourth-order valence-corrected chi connectivity index (χ4v) is 3.40. The van der Waals surface area contributed by atoms with Crippen molar-refractivity contribution in [2.75, 3.05) is 12.3 Å². The van der Waals surface area contributed by atoms with E-state index in [2.05, 4.69) is 4.72 Å². The van der Waals surface area contributed by atoms with Crippen molar-refractivity contribution < 1.29 is 17.5 Å². The minimum absolute atomic E-state index is 0.117. The topological polar surface area (TPSA) is 55.4 Å². The molecule has 24 heavy (non-hydrogen) atoms. The Labute approximate surface area is 142 Å². The molecular formula is C18H22FNO3S. The van der Waals surface area contributed by atoms with E-state index in [-0.39, 0.29) is 24.2 Å². The summed E-state index contributed by atoms with van der Waals surface area (Å²) in [4.78, 5) is 0. The van der Waals surface area contributed by atoms with Crippen molar-refractivity contribution in [3.63, 3.8) is 0 Å². The molecule has 1 atom stereocenters. The fourth-order valence-electron chi connectivity index (χ4n) is 2.23. The Bertz CT molecular complexity index is 743. The van der Waals surface area contributed by atoms with Crippen LogP contribution in [-0.2, 0) is 10.0 Å². The molecule has 0 fully saturated rings. The van der Waals surface area contributed by atoms with Crippen LogP contribution in [0.1, 0.15) is 20.3 Å². The Morgan fingerprint density at radius 3 is 2.12 bits per heavy atom. The molecule has 0 aliphatic heterocycles. The number of hydrogen-bond acceptors (Lipinski definition) is 3. The first-order chi connectivity index (χ1) is 11.4. The van der Waals surface area contributed by atoms with Gasteiger partial charge in [0.2, 0.25) is 10.0 Å². The monoisotopic (exact) mass is 351 g/mol. The summed E-state index contributed by atoms with van der Waals surface area (Å²) in [5.74, 6) is 0.507. The van der Waals surface area contributed by atoms with E-state index in [0.717, 1.165) is 11.1 Å². The first-order valence-electron chi connectivity index (χ1n) is 7.89. The van der Waals surface area contributed by atoms with Crippen LogP contribution in [0.25, 0.3) is 11.1 Å². The van der Waals surface area contributed by atoms with Gasteiger partial charge in [-0.15, -0.1) is 0 Å². The van der Waals surface area contributed by atoms with Gasteiger partial charge in [-0.05, 0) is 48.7 Å². The normalized spacial score (nSPS) is 12.8. The highest BCUT2D eigenvalue weighted by molar-refractivity contribution is 7.89. The third-order valence-corrected chi connectivity index (χ3v) is 4.98. The molecule has 6 heteroatoms. The molecule has 4 nitrogen and oxygen atoms in total. The lowest BCUT2D eigenvalue weighted by Gasteiger charge is -2.16. The van der Waals surface area contributed by atoms with Gasteiger partial charge in [0.1, 0.15) is 17.7 Å². The standard InChI is InChI=1S/C18H22FNO3S/c1-3-12-24(21,22)20-13-14(2)23-18-10-6-16(7-11-18)15-4-8-17(19)9-5-15/h4-11,14,20H,3,12-13H2,1-2H3. The van der Waals surface area contributed by atoms with E-state index >= 15 is 0 Å².